The minimum atomic E-state index is -0.564. The summed E-state index contributed by atoms with van der Waals surface area (Å²) in [6.07, 6.45) is 1.77. The van der Waals surface area contributed by atoms with Crippen LogP contribution in [0.15, 0.2) is 30.5 Å². The van der Waals surface area contributed by atoms with Crippen LogP contribution in [0.3, 0.4) is 0 Å². The number of carbonyl (C=O) groups is 1. The topological polar surface area (TPSA) is 34.0 Å². The van der Waals surface area contributed by atoms with E-state index in [0.29, 0.717) is 16.3 Å². The van der Waals surface area contributed by atoms with Gasteiger partial charge in [0, 0.05) is 18.3 Å². The highest BCUT2D eigenvalue weighted by molar-refractivity contribution is 6.35. The van der Waals surface area contributed by atoms with Crippen molar-refractivity contribution in [1.82, 2.24) is 9.88 Å². The molecule has 20 heavy (non-hydrogen) atoms. The summed E-state index contributed by atoms with van der Waals surface area (Å²) in [4.78, 5) is 12.1. The van der Waals surface area contributed by atoms with E-state index >= 15 is 0 Å². The molecule has 1 heterocycles. The first-order valence-corrected chi connectivity index (χ1v) is 6.72. The van der Waals surface area contributed by atoms with E-state index in [4.69, 9.17) is 23.2 Å². The van der Waals surface area contributed by atoms with Crippen LogP contribution in [0.2, 0.25) is 10.0 Å². The standard InChI is InChI=1S/C14H13Cl2FN2O/c1-8(9-6-12(17)11(16)7-10(9)15)18-14(20)13-4-3-5-19(13)2/h3-8H,1-2H3,(H,18,20). The van der Waals surface area contributed by atoms with Crippen molar-refractivity contribution in [3.05, 3.63) is 57.6 Å². The number of nitrogens with one attached hydrogen (secondary N) is 1. The lowest BCUT2D eigenvalue weighted by atomic mass is 10.1. The van der Waals surface area contributed by atoms with Gasteiger partial charge in [-0.05, 0) is 36.8 Å². The Balaban J connectivity index is 2.21. The van der Waals surface area contributed by atoms with Crippen molar-refractivity contribution in [2.45, 2.75) is 13.0 Å². The van der Waals surface area contributed by atoms with Gasteiger partial charge in [-0.1, -0.05) is 23.2 Å². The summed E-state index contributed by atoms with van der Waals surface area (Å²) in [5, 5.41) is 3.05. The summed E-state index contributed by atoms with van der Waals surface area (Å²) in [5.74, 6) is -0.817. The molecule has 1 aromatic carbocycles. The zero-order chi connectivity index (χ0) is 14.9. The number of halogens is 3. The highest BCUT2D eigenvalue weighted by atomic mass is 35.5. The molecule has 3 nitrogen and oxygen atoms in total. The highest BCUT2D eigenvalue weighted by Crippen LogP contribution is 2.28. The van der Waals surface area contributed by atoms with Crippen LogP contribution < -0.4 is 5.32 Å². The fourth-order valence-corrected chi connectivity index (χ4v) is 2.46. The number of hydrogen-bond acceptors (Lipinski definition) is 1. The van der Waals surface area contributed by atoms with Crippen molar-refractivity contribution in [2.75, 3.05) is 0 Å². The monoisotopic (exact) mass is 314 g/mol. The molecule has 0 aliphatic rings. The third kappa shape index (κ3) is 2.97. The van der Waals surface area contributed by atoms with E-state index in [9.17, 15) is 9.18 Å². The maximum atomic E-state index is 13.5. The second-order valence-electron chi connectivity index (χ2n) is 4.49. The molecular formula is C14H13Cl2FN2O. The van der Waals surface area contributed by atoms with Crippen LogP contribution in [0.25, 0.3) is 0 Å². The van der Waals surface area contributed by atoms with Crippen molar-refractivity contribution in [3.63, 3.8) is 0 Å². The fourth-order valence-electron chi connectivity index (χ4n) is 1.92. The van der Waals surface area contributed by atoms with Gasteiger partial charge in [-0.15, -0.1) is 0 Å². The van der Waals surface area contributed by atoms with Gasteiger partial charge in [0.05, 0.1) is 11.1 Å². The molecule has 1 unspecified atom stereocenters. The molecule has 0 radical (unpaired) electrons. The third-order valence-corrected chi connectivity index (χ3v) is 3.65. The molecule has 1 atom stereocenters. The molecular weight excluding hydrogens is 302 g/mol. The molecule has 0 fully saturated rings. The van der Waals surface area contributed by atoms with Crippen molar-refractivity contribution in [2.24, 2.45) is 7.05 Å². The summed E-state index contributed by atoms with van der Waals surface area (Å²) < 4.78 is 15.2. The fraction of sp³-hybridized carbons (Fsp3) is 0.214. The van der Waals surface area contributed by atoms with Gasteiger partial charge in [0.2, 0.25) is 0 Å². The Morgan fingerprint density at radius 2 is 2.05 bits per heavy atom. The van der Waals surface area contributed by atoms with Crippen LogP contribution in [0, 0.1) is 5.82 Å². The van der Waals surface area contributed by atoms with E-state index in [1.165, 1.54) is 12.1 Å². The molecule has 2 rings (SSSR count). The van der Waals surface area contributed by atoms with Crippen LogP contribution in [0.5, 0.6) is 0 Å². The van der Waals surface area contributed by atoms with Crippen molar-refractivity contribution < 1.29 is 9.18 Å². The summed E-state index contributed by atoms with van der Waals surface area (Å²) >= 11 is 11.7. The summed E-state index contributed by atoms with van der Waals surface area (Å²) in [6.45, 7) is 1.73. The highest BCUT2D eigenvalue weighted by Gasteiger charge is 2.17. The first-order chi connectivity index (χ1) is 9.40. The minimum Gasteiger partial charge on any atom is -0.347 e. The number of hydrogen-bond donors (Lipinski definition) is 1. The van der Waals surface area contributed by atoms with Gasteiger partial charge >= 0.3 is 0 Å². The molecule has 0 spiro atoms. The zero-order valence-electron chi connectivity index (χ0n) is 11.0. The molecule has 0 aliphatic heterocycles. The summed E-state index contributed by atoms with van der Waals surface area (Å²) in [5.41, 5.74) is 0.999. The Hall–Kier alpha value is -1.52. The van der Waals surface area contributed by atoms with E-state index in [0.717, 1.165) is 0 Å². The molecule has 1 aromatic heterocycles. The Bertz CT molecular complexity index is 655. The van der Waals surface area contributed by atoms with Crippen LogP contribution >= 0.6 is 23.2 Å². The van der Waals surface area contributed by atoms with E-state index in [-0.39, 0.29) is 10.9 Å². The predicted octanol–water partition coefficient (Wildman–Crippen LogP) is 3.96. The molecule has 0 bridgehead atoms. The molecule has 1 N–H and O–H groups in total. The number of carbonyl (C=O) groups excluding carboxylic acids is 1. The average Bonchev–Trinajstić information content (AvgIpc) is 2.80. The zero-order valence-corrected chi connectivity index (χ0v) is 12.5. The Kier molecular flexibility index (Phi) is 4.35. The third-order valence-electron chi connectivity index (χ3n) is 3.03. The van der Waals surface area contributed by atoms with Crippen LogP contribution in [-0.2, 0) is 7.05 Å². The van der Waals surface area contributed by atoms with Gasteiger partial charge in [-0.3, -0.25) is 4.79 Å². The molecule has 6 heteroatoms. The molecule has 106 valence electrons. The molecule has 0 aliphatic carbocycles. The first kappa shape index (κ1) is 14.9. The summed E-state index contributed by atoms with van der Waals surface area (Å²) in [7, 11) is 1.77. The number of benzene rings is 1. The Morgan fingerprint density at radius 1 is 1.35 bits per heavy atom. The average molecular weight is 315 g/mol. The maximum Gasteiger partial charge on any atom is 0.268 e. The van der Waals surface area contributed by atoms with Gasteiger partial charge in [0.25, 0.3) is 5.91 Å². The van der Waals surface area contributed by atoms with Gasteiger partial charge in [0.15, 0.2) is 0 Å². The number of rotatable bonds is 3. The van der Waals surface area contributed by atoms with Crippen molar-refractivity contribution >= 4 is 29.1 Å². The quantitative estimate of drug-likeness (QED) is 0.855. The lowest BCUT2D eigenvalue weighted by Crippen LogP contribution is -2.28. The largest absolute Gasteiger partial charge is 0.347 e. The van der Waals surface area contributed by atoms with Gasteiger partial charge < -0.3 is 9.88 Å². The number of aryl methyl sites for hydroxylation is 1. The van der Waals surface area contributed by atoms with E-state index < -0.39 is 11.9 Å². The van der Waals surface area contributed by atoms with Crippen molar-refractivity contribution in [3.8, 4) is 0 Å². The Labute approximate surface area is 126 Å². The molecule has 1 amide bonds. The Morgan fingerprint density at radius 3 is 2.65 bits per heavy atom. The number of nitrogens with zero attached hydrogens (tertiary/aromatic N) is 1. The lowest BCUT2D eigenvalue weighted by Gasteiger charge is -2.16. The second-order valence-corrected chi connectivity index (χ2v) is 5.30. The number of aromatic nitrogens is 1. The van der Waals surface area contributed by atoms with Crippen LogP contribution in [0.4, 0.5) is 4.39 Å². The second kappa shape index (κ2) is 5.85. The maximum absolute atomic E-state index is 13.5. The van der Waals surface area contributed by atoms with Gasteiger partial charge in [-0.25, -0.2) is 4.39 Å². The normalized spacial score (nSPS) is 12.2. The molecule has 2 aromatic rings. The summed E-state index contributed by atoms with van der Waals surface area (Å²) in [6, 6.07) is 5.61. The van der Waals surface area contributed by atoms with Gasteiger partial charge in [0.1, 0.15) is 11.5 Å². The SMILES string of the molecule is CC(NC(=O)c1cccn1C)c1cc(F)c(Cl)cc1Cl. The van der Waals surface area contributed by atoms with Crippen LogP contribution in [-0.4, -0.2) is 10.5 Å². The van der Waals surface area contributed by atoms with E-state index in [2.05, 4.69) is 5.32 Å². The van der Waals surface area contributed by atoms with Gasteiger partial charge in [-0.2, -0.15) is 0 Å². The molecule has 0 saturated carbocycles. The lowest BCUT2D eigenvalue weighted by molar-refractivity contribution is 0.0931. The molecule has 0 saturated heterocycles. The van der Waals surface area contributed by atoms with E-state index in [1.54, 1.807) is 36.9 Å². The minimum absolute atomic E-state index is 0.0419. The predicted molar refractivity (Wildman–Crippen MR) is 77.7 cm³/mol. The van der Waals surface area contributed by atoms with Crippen molar-refractivity contribution in [1.29, 1.82) is 0 Å². The van der Waals surface area contributed by atoms with E-state index in [1.807, 2.05) is 0 Å². The number of amides is 1. The first-order valence-electron chi connectivity index (χ1n) is 5.96. The smallest absolute Gasteiger partial charge is 0.268 e. The van der Waals surface area contributed by atoms with Crippen LogP contribution in [0.1, 0.15) is 29.0 Å².